The smallest absolute Gasteiger partial charge is 0.253 e. The van der Waals surface area contributed by atoms with Crippen LogP contribution >= 0.6 is 0 Å². The van der Waals surface area contributed by atoms with Gasteiger partial charge in [0.1, 0.15) is 0 Å². The molecule has 0 aliphatic rings. The summed E-state index contributed by atoms with van der Waals surface area (Å²) in [4.78, 5) is 14.9. The molecule has 0 saturated carbocycles. The predicted molar refractivity (Wildman–Crippen MR) is 46.7 cm³/mol. The number of hydrogen-bond acceptors (Lipinski definition) is 3. The first-order valence-corrected chi connectivity index (χ1v) is 3.70. The molecule has 0 aromatic carbocycles. The van der Waals surface area contributed by atoms with Gasteiger partial charge in [-0.05, 0) is 0 Å². The third kappa shape index (κ3) is 2.32. The zero-order valence-corrected chi connectivity index (χ0v) is 6.68. The minimum absolute atomic E-state index is 0.0494. The van der Waals surface area contributed by atoms with Crippen molar-refractivity contribution in [2.45, 2.75) is 6.54 Å². The van der Waals surface area contributed by atoms with Crippen molar-refractivity contribution in [3.63, 3.8) is 0 Å². The van der Waals surface area contributed by atoms with Crippen molar-refractivity contribution < 1.29 is 0 Å². The van der Waals surface area contributed by atoms with Crippen molar-refractivity contribution in [2.75, 3.05) is 6.54 Å². The maximum atomic E-state index is 11.1. The van der Waals surface area contributed by atoms with Crippen LogP contribution in [0.25, 0.3) is 0 Å². The highest BCUT2D eigenvalue weighted by Gasteiger charge is 1.88. The molecule has 0 bridgehead atoms. The SMILES string of the molecule is NCC=CCn1cnccc1=O. The van der Waals surface area contributed by atoms with E-state index in [1.807, 2.05) is 6.08 Å². The van der Waals surface area contributed by atoms with Crippen molar-refractivity contribution in [2.24, 2.45) is 5.73 Å². The van der Waals surface area contributed by atoms with Crippen LogP contribution in [0.3, 0.4) is 0 Å². The molecule has 2 N–H and O–H groups in total. The molecule has 0 aliphatic heterocycles. The molecular formula is C8H11N3O. The van der Waals surface area contributed by atoms with E-state index in [-0.39, 0.29) is 5.56 Å². The number of aromatic nitrogens is 2. The average Bonchev–Trinajstić information content (AvgIpc) is 2.09. The van der Waals surface area contributed by atoms with Gasteiger partial charge >= 0.3 is 0 Å². The fourth-order valence-corrected chi connectivity index (χ4v) is 0.800. The van der Waals surface area contributed by atoms with E-state index in [2.05, 4.69) is 4.98 Å². The lowest BCUT2D eigenvalue weighted by molar-refractivity contribution is 0.751. The highest BCUT2D eigenvalue weighted by Crippen LogP contribution is 1.79. The number of nitrogens with zero attached hydrogens (tertiary/aromatic N) is 2. The van der Waals surface area contributed by atoms with Crippen LogP contribution in [-0.4, -0.2) is 16.1 Å². The van der Waals surface area contributed by atoms with E-state index in [9.17, 15) is 4.79 Å². The van der Waals surface area contributed by atoms with Crippen LogP contribution in [0.15, 0.2) is 35.5 Å². The molecule has 0 aliphatic carbocycles. The molecule has 1 aromatic rings. The summed E-state index contributed by atoms with van der Waals surface area (Å²) < 4.78 is 1.51. The van der Waals surface area contributed by atoms with Gasteiger partial charge < -0.3 is 5.73 Å². The van der Waals surface area contributed by atoms with Gasteiger partial charge in [0, 0.05) is 25.4 Å². The van der Waals surface area contributed by atoms with E-state index in [1.165, 1.54) is 23.2 Å². The van der Waals surface area contributed by atoms with Crippen LogP contribution in [0.4, 0.5) is 0 Å². The molecule has 0 fully saturated rings. The molecule has 0 spiro atoms. The lowest BCUT2D eigenvalue weighted by Crippen LogP contribution is -2.17. The summed E-state index contributed by atoms with van der Waals surface area (Å²) in [6.07, 6.45) is 6.62. The largest absolute Gasteiger partial charge is 0.327 e. The molecule has 1 heterocycles. The van der Waals surface area contributed by atoms with Crippen LogP contribution in [0.5, 0.6) is 0 Å². The van der Waals surface area contributed by atoms with E-state index in [0.717, 1.165) is 0 Å². The summed E-state index contributed by atoms with van der Waals surface area (Å²) in [5, 5.41) is 0. The van der Waals surface area contributed by atoms with Crippen LogP contribution in [-0.2, 0) is 6.54 Å². The fourth-order valence-electron chi connectivity index (χ4n) is 0.800. The first-order chi connectivity index (χ1) is 5.84. The van der Waals surface area contributed by atoms with Gasteiger partial charge in [0.2, 0.25) is 0 Å². The Morgan fingerprint density at radius 3 is 3.08 bits per heavy atom. The van der Waals surface area contributed by atoms with Gasteiger partial charge in [-0.2, -0.15) is 0 Å². The second-order valence-electron chi connectivity index (χ2n) is 2.28. The molecule has 4 heteroatoms. The average molecular weight is 165 g/mol. The number of rotatable bonds is 3. The lowest BCUT2D eigenvalue weighted by Gasteiger charge is -1.97. The zero-order valence-electron chi connectivity index (χ0n) is 6.68. The number of hydrogen-bond donors (Lipinski definition) is 1. The standard InChI is InChI=1S/C8H11N3O/c9-4-1-2-6-11-7-10-5-3-8(11)12/h1-3,5,7H,4,6,9H2. The molecule has 1 aromatic heterocycles. The Labute approximate surface area is 70.4 Å². The van der Waals surface area contributed by atoms with Crippen LogP contribution in [0.1, 0.15) is 0 Å². The third-order valence-electron chi connectivity index (χ3n) is 1.40. The minimum Gasteiger partial charge on any atom is -0.327 e. The first-order valence-electron chi connectivity index (χ1n) is 3.70. The van der Waals surface area contributed by atoms with Crippen molar-refractivity contribution in [3.8, 4) is 0 Å². The molecule has 0 amide bonds. The van der Waals surface area contributed by atoms with Crippen molar-refractivity contribution in [1.82, 2.24) is 9.55 Å². The summed E-state index contributed by atoms with van der Waals surface area (Å²) >= 11 is 0. The zero-order chi connectivity index (χ0) is 8.81. The van der Waals surface area contributed by atoms with Crippen molar-refractivity contribution in [1.29, 1.82) is 0 Å². The van der Waals surface area contributed by atoms with Gasteiger partial charge in [-0.25, -0.2) is 4.98 Å². The summed E-state index contributed by atoms with van der Waals surface area (Å²) in [5.74, 6) is 0. The maximum absolute atomic E-state index is 11.1. The molecule has 12 heavy (non-hydrogen) atoms. The third-order valence-corrected chi connectivity index (χ3v) is 1.40. The summed E-state index contributed by atoms with van der Waals surface area (Å²) in [5.41, 5.74) is 5.19. The van der Waals surface area contributed by atoms with Crippen LogP contribution in [0.2, 0.25) is 0 Å². The molecule has 0 unspecified atom stereocenters. The van der Waals surface area contributed by atoms with Gasteiger partial charge in [0.05, 0.1) is 6.33 Å². The summed E-state index contributed by atoms with van der Waals surface area (Å²) in [6.45, 7) is 1.03. The predicted octanol–water partition coefficient (Wildman–Crippen LogP) is -0.242. The fraction of sp³-hybridized carbons (Fsp3) is 0.250. The van der Waals surface area contributed by atoms with E-state index >= 15 is 0 Å². The molecule has 0 radical (unpaired) electrons. The molecule has 4 nitrogen and oxygen atoms in total. The number of allylic oxidation sites excluding steroid dienone is 1. The Balaban J connectivity index is 2.70. The van der Waals surface area contributed by atoms with Gasteiger partial charge in [-0.3, -0.25) is 9.36 Å². The van der Waals surface area contributed by atoms with Crippen LogP contribution in [0, 0.1) is 0 Å². The quantitative estimate of drug-likeness (QED) is 0.629. The van der Waals surface area contributed by atoms with E-state index in [1.54, 1.807) is 6.08 Å². The van der Waals surface area contributed by atoms with E-state index in [4.69, 9.17) is 5.73 Å². The number of nitrogens with two attached hydrogens (primary N) is 1. The molecule has 1 rings (SSSR count). The van der Waals surface area contributed by atoms with E-state index < -0.39 is 0 Å². The Kier molecular flexibility index (Phi) is 3.22. The maximum Gasteiger partial charge on any atom is 0.253 e. The Morgan fingerprint density at radius 1 is 1.58 bits per heavy atom. The summed E-state index contributed by atoms with van der Waals surface area (Å²) in [7, 11) is 0. The molecule has 64 valence electrons. The first kappa shape index (κ1) is 8.67. The second kappa shape index (κ2) is 4.46. The van der Waals surface area contributed by atoms with Crippen molar-refractivity contribution >= 4 is 0 Å². The minimum atomic E-state index is -0.0494. The lowest BCUT2D eigenvalue weighted by atomic mass is 10.5. The van der Waals surface area contributed by atoms with Gasteiger partial charge in [0.15, 0.2) is 0 Å². The Bertz CT molecular complexity index is 316. The van der Waals surface area contributed by atoms with E-state index in [0.29, 0.717) is 13.1 Å². The second-order valence-corrected chi connectivity index (χ2v) is 2.28. The molecular weight excluding hydrogens is 154 g/mol. The molecule has 0 saturated heterocycles. The summed E-state index contributed by atoms with van der Waals surface area (Å²) in [6, 6.07) is 1.43. The van der Waals surface area contributed by atoms with Gasteiger partial charge in [-0.15, -0.1) is 0 Å². The normalized spacial score (nSPS) is 10.8. The highest BCUT2D eigenvalue weighted by molar-refractivity contribution is 4.88. The monoisotopic (exact) mass is 165 g/mol. The van der Waals surface area contributed by atoms with Crippen molar-refractivity contribution in [3.05, 3.63) is 41.1 Å². The topological polar surface area (TPSA) is 60.9 Å². The Hall–Kier alpha value is -1.42. The Morgan fingerprint density at radius 2 is 2.42 bits per heavy atom. The van der Waals surface area contributed by atoms with Gasteiger partial charge in [0.25, 0.3) is 5.56 Å². The molecule has 0 atom stereocenters. The highest BCUT2D eigenvalue weighted by atomic mass is 16.1. The van der Waals surface area contributed by atoms with Crippen LogP contribution < -0.4 is 11.3 Å². The van der Waals surface area contributed by atoms with Gasteiger partial charge in [-0.1, -0.05) is 12.2 Å².